The second kappa shape index (κ2) is 5.16. The van der Waals surface area contributed by atoms with Crippen molar-refractivity contribution in [3.8, 4) is 0 Å². The fraction of sp³-hybridized carbons (Fsp3) is 0.533. The molecule has 0 aliphatic heterocycles. The number of ether oxygens (including phenoxy) is 1. The lowest BCUT2D eigenvalue weighted by Crippen LogP contribution is -2.41. The van der Waals surface area contributed by atoms with E-state index in [0.29, 0.717) is 0 Å². The predicted molar refractivity (Wildman–Crippen MR) is 79.2 cm³/mol. The van der Waals surface area contributed by atoms with Gasteiger partial charge in [-0.15, -0.1) is 0 Å². The number of amides is 1. The van der Waals surface area contributed by atoms with Gasteiger partial charge in [0.25, 0.3) is 0 Å². The first-order valence-corrected chi connectivity index (χ1v) is 7.33. The summed E-state index contributed by atoms with van der Waals surface area (Å²) in [6, 6.07) is 8.20. The number of hydrogen-bond acceptors (Lipinski definition) is 2. The Bertz CT molecular complexity index is 475. The Hall–Kier alpha value is -1.03. The Morgan fingerprint density at radius 2 is 2.11 bits per heavy atom. The normalized spacial score (nSPS) is 16.8. The molecule has 0 radical (unpaired) electrons. The molecule has 1 aliphatic carbocycles. The zero-order valence-corrected chi connectivity index (χ0v) is 13.2. The summed E-state index contributed by atoms with van der Waals surface area (Å²) in [5.74, 6) is 0. The maximum absolute atomic E-state index is 11.8. The van der Waals surface area contributed by atoms with Gasteiger partial charge in [0.15, 0.2) is 0 Å². The molecule has 1 aliphatic rings. The Balaban J connectivity index is 1.95. The molecule has 1 aromatic carbocycles. The highest BCUT2D eigenvalue weighted by atomic mass is 79.9. The molecule has 1 saturated carbocycles. The van der Waals surface area contributed by atoms with Crippen molar-refractivity contribution in [3.63, 3.8) is 0 Å². The monoisotopic (exact) mass is 325 g/mol. The van der Waals surface area contributed by atoms with E-state index in [1.54, 1.807) is 0 Å². The quantitative estimate of drug-likeness (QED) is 0.910. The van der Waals surface area contributed by atoms with Gasteiger partial charge in [0.1, 0.15) is 5.60 Å². The van der Waals surface area contributed by atoms with E-state index in [4.69, 9.17) is 4.74 Å². The van der Waals surface area contributed by atoms with E-state index in [-0.39, 0.29) is 11.6 Å². The highest BCUT2D eigenvalue weighted by Crippen LogP contribution is 2.39. The van der Waals surface area contributed by atoms with Gasteiger partial charge in [0.05, 0.1) is 0 Å². The van der Waals surface area contributed by atoms with Gasteiger partial charge in [-0.25, -0.2) is 4.79 Å². The van der Waals surface area contributed by atoms with Gasteiger partial charge < -0.3 is 10.1 Å². The van der Waals surface area contributed by atoms with Crippen molar-refractivity contribution in [3.05, 3.63) is 34.3 Å². The molecule has 0 heterocycles. The number of benzene rings is 1. The van der Waals surface area contributed by atoms with E-state index < -0.39 is 5.60 Å². The van der Waals surface area contributed by atoms with Crippen LogP contribution in [0.1, 0.15) is 39.2 Å². The molecular formula is C15H20BrNO2. The molecule has 3 nitrogen and oxygen atoms in total. The SMILES string of the molecule is CC(C)(C)OC(=O)NC1(Cc2cccc(Br)c2)CC1. The smallest absolute Gasteiger partial charge is 0.408 e. The highest BCUT2D eigenvalue weighted by Gasteiger charge is 2.44. The van der Waals surface area contributed by atoms with Gasteiger partial charge >= 0.3 is 6.09 Å². The number of hydrogen-bond donors (Lipinski definition) is 1. The minimum Gasteiger partial charge on any atom is -0.444 e. The fourth-order valence-corrected chi connectivity index (χ4v) is 2.50. The van der Waals surface area contributed by atoms with Crippen LogP contribution in [-0.4, -0.2) is 17.2 Å². The summed E-state index contributed by atoms with van der Waals surface area (Å²) in [4.78, 5) is 11.8. The summed E-state index contributed by atoms with van der Waals surface area (Å²) < 4.78 is 6.38. The molecule has 0 saturated heterocycles. The number of rotatable bonds is 3. The zero-order valence-electron chi connectivity index (χ0n) is 11.6. The molecule has 0 spiro atoms. The van der Waals surface area contributed by atoms with Crippen LogP contribution >= 0.6 is 15.9 Å². The van der Waals surface area contributed by atoms with Crippen LogP contribution in [0.3, 0.4) is 0 Å². The van der Waals surface area contributed by atoms with Crippen LogP contribution in [0.5, 0.6) is 0 Å². The molecule has 4 heteroatoms. The van der Waals surface area contributed by atoms with Crippen molar-refractivity contribution in [2.45, 2.75) is 51.2 Å². The average molecular weight is 326 g/mol. The maximum Gasteiger partial charge on any atom is 0.408 e. The molecular weight excluding hydrogens is 306 g/mol. The molecule has 1 aromatic rings. The lowest BCUT2D eigenvalue weighted by atomic mass is 10.0. The highest BCUT2D eigenvalue weighted by molar-refractivity contribution is 9.10. The summed E-state index contributed by atoms with van der Waals surface area (Å²) in [5.41, 5.74) is 0.668. The van der Waals surface area contributed by atoms with Gasteiger partial charge in [-0.3, -0.25) is 0 Å². The van der Waals surface area contributed by atoms with Crippen LogP contribution < -0.4 is 5.32 Å². The molecule has 0 bridgehead atoms. The summed E-state index contributed by atoms with van der Waals surface area (Å²) in [6.45, 7) is 5.63. The lowest BCUT2D eigenvalue weighted by Gasteiger charge is -2.23. The van der Waals surface area contributed by atoms with Crippen LogP contribution in [0.15, 0.2) is 28.7 Å². The van der Waals surface area contributed by atoms with E-state index in [2.05, 4.69) is 33.4 Å². The third kappa shape index (κ3) is 4.53. The summed E-state index contributed by atoms with van der Waals surface area (Å²) in [5, 5.41) is 3.02. The summed E-state index contributed by atoms with van der Waals surface area (Å²) in [6.07, 6.45) is 2.56. The zero-order chi connectivity index (χ0) is 14.1. The van der Waals surface area contributed by atoms with Crippen molar-refractivity contribution in [2.75, 3.05) is 0 Å². The molecule has 2 rings (SSSR count). The van der Waals surface area contributed by atoms with Crippen LogP contribution in [0.2, 0.25) is 0 Å². The average Bonchev–Trinajstić information content (AvgIpc) is 2.94. The van der Waals surface area contributed by atoms with Gasteiger partial charge in [-0.05, 0) is 57.7 Å². The summed E-state index contributed by atoms with van der Waals surface area (Å²) in [7, 11) is 0. The predicted octanol–water partition coefficient (Wildman–Crippen LogP) is 4.05. The number of carbonyl (C=O) groups is 1. The summed E-state index contributed by atoms with van der Waals surface area (Å²) >= 11 is 3.47. The molecule has 104 valence electrons. The first kappa shape index (κ1) is 14.4. The van der Waals surface area contributed by atoms with Crippen molar-refractivity contribution < 1.29 is 9.53 Å². The fourth-order valence-electron chi connectivity index (χ4n) is 2.05. The number of alkyl carbamates (subject to hydrolysis) is 1. The van der Waals surface area contributed by atoms with Crippen LogP contribution in [0.4, 0.5) is 4.79 Å². The Kier molecular flexibility index (Phi) is 3.90. The van der Waals surface area contributed by atoms with Crippen LogP contribution in [0, 0.1) is 0 Å². The van der Waals surface area contributed by atoms with Crippen molar-refractivity contribution in [1.29, 1.82) is 0 Å². The molecule has 0 atom stereocenters. The Morgan fingerprint density at radius 3 is 2.63 bits per heavy atom. The number of nitrogens with one attached hydrogen (secondary N) is 1. The van der Waals surface area contributed by atoms with Gasteiger partial charge in [-0.2, -0.15) is 0 Å². The van der Waals surface area contributed by atoms with E-state index in [1.807, 2.05) is 32.9 Å². The van der Waals surface area contributed by atoms with Crippen molar-refractivity contribution in [2.24, 2.45) is 0 Å². The molecule has 19 heavy (non-hydrogen) atoms. The van der Waals surface area contributed by atoms with Crippen LogP contribution in [-0.2, 0) is 11.2 Å². The van der Waals surface area contributed by atoms with Gasteiger partial charge in [0.2, 0.25) is 0 Å². The lowest BCUT2D eigenvalue weighted by molar-refractivity contribution is 0.0496. The Labute approximate surface area is 122 Å². The molecule has 1 amide bonds. The first-order chi connectivity index (χ1) is 8.78. The van der Waals surface area contributed by atoms with E-state index in [0.717, 1.165) is 23.7 Å². The minimum atomic E-state index is -0.448. The standard InChI is InChI=1S/C15H20BrNO2/c1-14(2,3)19-13(18)17-15(7-8-15)10-11-5-4-6-12(16)9-11/h4-6,9H,7-8,10H2,1-3H3,(H,17,18). The maximum atomic E-state index is 11.8. The topological polar surface area (TPSA) is 38.3 Å². The van der Waals surface area contributed by atoms with Crippen LogP contribution in [0.25, 0.3) is 0 Å². The minimum absolute atomic E-state index is 0.108. The van der Waals surface area contributed by atoms with E-state index in [9.17, 15) is 4.79 Å². The second-order valence-corrected chi connectivity index (χ2v) is 7.13. The largest absolute Gasteiger partial charge is 0.444 e. The van der Waals surface area contributed by atoms with Gasteiger partial charge in [-0.1, -0.05) is 28.1 Å². The molecule has 0 unspecified atom stereocenters. The molecule has 1 N–H and O–H groups in total. The molecule has 1 fully saturated rings. The third-order valence-electron chi connectivity index (χ3n) is 3.05. The van der Waals surface area contributed by atoms with Gasteiger partial charge in [0, 0.05) is 10.0 Å². The number of halogens is 1. The third-order valence-corrected chi connectivity index (χ3v) is 3.54. The Morgan fingerprint density at radius 1 is 1.42 bits per heavy atom. The van der Waals surface area contributed by atoms with Crippen molar-refractivity contribution in [1.82, 2.24) is 5.32 Å². The molecule has 0 aromatic heterocycles. The first-order valence-electron chi connectivity index (χ1n) is 6.54. The van der Waals surface area contributed by atoms with E-state index >= 15 is 0 Å². The number of carbonyl (C=O) groups excluding carboxylic acids is 1. The van der Waals surface area contributed by atoms with E-state index in [1.165, 1.54) is 5.56 Å². The second-order valence-electron chi connectivity index (χ2n) is 6.21. The van der Waals surface area contributed by atoms with Crippen molar-refractivity contribution >= 4 is 22.0 Å².